The standard InChI is InChI=1S/C20H23IN2O/c1-2-24-16-10-11-19-18(13-16)17(5-3-4-12-22)20(23-19)14-6-8-15(21)9-7-14/h6-11,13,23H,2-5,12,22H2,1H3. The van der Waals surface area contributed by atoms with E-state index < -0.39 is 0 Å². The van der Waals surface area contributed by atoms with Crippen LogP contribution in [0.2, 0.25) is 0 Å². The van der Waals surface area contributed by atoms with E-state index in [0.29, 0.717) is 6.61 Å². The zero-order valence-corrected chi connectivity index (χ0v) is 16.1. The van der Waals surface area contributed by atoms with Gasteiger partial charge in [0.15, 0.2) is 0 Å². The van der Waals surface area contributed by atoms with E-state index in [9.17, 15) is 0 Å². The lowest BCUT2D eigenvalue weighted by Gasteiger charge is -2.06. The number of aromatic nitrogens is 1. The molecule has 3 nitrogen and oxygen atoms in total. The minimum Gasteiger partial charge on any atom is -0.494 e. The Bertz CT molecular complexity index is 808. The molecule has 4 heteroatoms. The Kier molecular flexibility index (Phi) is 5.79. The zero-order valence-electron chi connectivity index (χ0n) is 13.9. The Morgan fingerprint density at radius 1 is 1.08 bits per heavy atom. The molecule has 0 radical (unpaired) electrons. The highest BCUT2D eigenvalue weighted by molar-refractivity contribution is 14.1. The maximum atomic E-state index is 5.69. The predicted molar refractivity (Wildman–Crippen MR) is 110 cm³/mol. The van der Waals surface area contributed by atoms with E-state index in [1.54, 1.807) is 0 Å². The van der Waals surface area contributed by atoms with Crippen LogP contribution in [0.4, 0.5) is 0 Å². The minimum atomic E-state index is 0.683. The summed E-state index contributed by atoms with van der Waals surface area (Å²) in [5.41, 5.74) is 10.6. The Hall–Kier alpha value is -1.53. The van der Waals surface area contributed by atoms with Crippen LogP contribution in [0.15, 0.2) is 42.5 Å². The van der Waals surface area contributed by atoms with E-state index in [1.165, 1.54) is 25.8 Å². The third kappa shape index (κ3) is 3.75. The molecule has 0 bridgehead atoms. The van der Waals surface area contributed by atoms with Crippen LogP contribution in [0.5, 0.6) is 5.75 Å². The number of ether oxygens (including phenoxy) is 1. The molecule has 0 unspecified atom stereocenters. The molecule has 3 N–H and O–H groups in total. The highest BCUT2D eigenvalue weighted by atomic mass is 127. The van der Waals surface area contributed by atoms with E-state index in [-0.39, 0.29) is 0 Å². The van der Waals surface area contributed by atoms with Crippen LogP contribution in [0, 0.1) is 3.57 Å². The molecular weight excluding hydrogens is 411 g/mol. The summed E-state index contributed by atoms with van der Waals surface area (Å²) < 4.78 is 6.94. The van der Waals surface area contributed by atoms with Gasteiger partial charge in [0.25, 0.3) is 0 Å². The fraction of sp³-hybridized carbons (Fsp3) is 0.300. The number of benzene rings is 2. The minimum absolute atomic E-state index is 0.683. The van der Waals surface area contributed by atoms with Gasteiger partial charge in [-0.3, -0.25) is 0 Å². The number of nitrogens with one attached hydrogen (secondary N) is 1. The van der Waals surface area contributed by atoms with Gasteiger partial charge in [-0.15, -0.1) is 0 Å². The molecule has 3 aromatic rings. The van der Waals surface area contributed by atoms with Crippen molar-refractivity contribution in [3.8, 4) is 17.0 Å². The molecule has 24 heavy (non-hydrogen) atoms. The van der Waals surface area contributed by atoms with Crippen molar-refractivity contribution in [1.29, 1.82) is 0 Å². The first-order valence-corrected chi connectivity index (χ1v) is 9.54. The molecule has 1 heterocycles. The first-order valence-electron chi connectivity index (χ1n) is 8.46. The third-order valence-corrected chi connectivity index (χ3v) is 4.92. The normalized spacial score (nSPS) is 11.1. The summed E-state index contributed by atoms with van der Waals surface area (Å²) >= 11 is 2.34. The maximum Gasteiger partial charge on any atom is 0.120 e. The number of hydrogen-bond acceptors (Lipinski definition) is 2. The predicted octanol–water partition coefficient (Wildman–Crippen LogP) is 5.12. The highest BCUT2D eigenvalue weighted by Crippen LogP contribution is 2.34. The van der Waals surface area contributed by atoms with Crippen LogP contribution in [-0.2, 0) is 6.42 Å². The molecule has 0 spiro atoms. The number of H-pyrrole nitrogens is 1. The molecule has 0 saturated carbocycles. The second kappa shape index (κ2) is 8.03. The summed E-state index contributed by atoms with van der Waals surface area (Å²) in [5, 5.41) is 1.26. The number of halogens is 1. The molecule has 0 aliphatic heterocycles. The molecule has 0 aliphatic rings. The smallest absolute Gasteiger partial charge is 0.120 e. The van der Waals surface area contributed by atoms with Gasteiger partial charge in [-0.05, 0) is 96.8 Å². The second-order valence-electron chi connectivity index (χ2n) is 5.87. The van der Waals surface area contributed by atoms with Crippen molar-refractivity contribution >= 4 is 33.5 Å². The molecule has 1 aromatic heterocycles. The summed E-state index contributed by atoms with van der Waals surface area (Å²) in [7, 11) is 0. The molecule has 0 atom stereocenters. The van der Waals surface area contributed by atoms with Gasteiger partial charge < -0.3 is 15.5 Å². The molecule has 3 rings (SSSR count). The Balaban J connectivity index is 2.08. The number of unbranched alkanes of at least 4 members (excludes halogenated alkanes) is 1. The summed E-state index contributed by atoms with van der Waals surface area (Å²) in [5.74, 6) is 0.929. The topological polar surface area (TPSA) is 51.0 Å². The van der Waals surface area contributed by atoms with Gasteiger partial charge in [-0.1, -0.05) is 12.1 Å². The molecule has 0 aliphatic carbocycles. The second-order valence-corrected chi connectivity index (χ2v) is 7.12. The van der Waals surface area contributed by atoms with Gasteiger partial charge in [0, 0.05) is 20.2 Å². The van der Waals surface area contributed by atoms with E-state index in [2.05, 4.69) is 64.0 Å². The van der Waals surface area contributed by atoms with Crippen LogP contribution < -0.4 is 10.5 Å². The highest BCUT2D eigenvalue weighted by Gasteiger charge is 2.14. The van der Waals surface area contributed by atoms with Crippen LogP contribution in [-0.4, -0.2) is 18.1 Å². The number of hydrogen-bond donors (Lipinski definition) is 2. The average Bonchev–Trinajstić information content (AvgIpc) is 2.94. The summed E-state index contributed by atoms with van der Waals surface area (Å²) in [6.07, 6.45) is 3.16. The van der Waals surface area contributed by atoms with Crippen molar-refractivity contribution < 1.29 is 4.74 Å². The number of aromatic amines is 1. The van der Waals surface area contributed by atoms with Gasteiger partial charge >= 0.3 is 0 Å². The van der Waals surface area contributed by atoms with Crippen molar-refractivity contribution in [1.82, 2.24) is 4.98 Å². The Labute approximate surface area is 156 Å². The SMILES string of the molecule is CCOc1ccc2[nH]c(-c3ccc(I)cc3)c(CCCCN)c2c1. The van der Waals surface area contributed by atoms with Crippen LogP contribution in [0.25, 0.3) is 22.2 Å². The Morgan fingerprint density at radius 3 is 2.58 bits per heavy atom. The Morgan fingerprint density at radius 2 is 1.88 bits per heavy atom. The first-order chi connectivity index (χ1) is 11.7. The third-order valence-electron chi connectivity index (χ3n) is 4.20. The number of rotatable bonds is 7. The largest absolute Gasteiger partial charge is 0.494 e. The lowest BCUT2D eigenvalue weighted by Crippen LogP contribution is -1.99. The van der Waals surface area contributed by atoms with Crippen molar-refractivity contribution in [3.05, 3.63) is 51.6 Å². The zero-order chi connectivity index (χ0) is 16.9. The van der Waals surface area contributed by atoms with Crippen LogP contribution in [0.3, 0.4) is 0 Å². The lowest BCUT2D eigenvalue weighted by atomic mass is 10.0. The number of fused-ring (bicyclic) bond motifs is 1. The van der Waals surface area contributed by atoms with E-state index >= 15 is 0 Å². The molecule has 0 saturated heterocycles. The summed E-state index contributed by atoms with van der Waals surface area (Å²) in [4.78, 5) is 3.61. The van der Waals surface area contributed by atoms with E-state index in [1.807, 2.05) is 13.0 Å². The molecule has 0 amide bonds. The first kappa shape index (κ1) is 17.3. The van der Waals surface area contributed by atoms with Crippen molar-refractivity contribution in [2.75, 3.05) is 13.2 Å². The molecule has 126 valence electrons. The van der Waals surface area contributed by atoms with Gasteiger partial charge in [0.05, 0.1) is 6.61 Å². The number of aryl methyl sites for hydroxylation is 1. The van der Waals surface area contributed by atoms with Crippen molar-refractivity contribution in [2.45, 2.75) is 26.2 Å². The van der Waals surface area contributed by atoms with Crippen LogP contribution >= 0.6 is 22.6 Å². The molecular formula is C20H23IN2O. The quantitative estimate of drug-likeness (QED) is 0.401. The molecule has 0 fully saturated rings. The fourth-order valence-corrected chi connectivity index (χ4v) is 3.41. The van der Waals surface area contributed by atoms with E-state index in [4.69, 9.17) is 10.5 Å². The maximum absolute atomic E-state index is 5.69. The average molecular weight is 434 g/mol. The van der Waals surface area contributed by atoms with Crippen molar-refractivity contribution in [2.24, 2.45) is 5.73 Å². The van der Waals surface area contributed by atoms with Crippen LogP contribution in [0.1, 0.15) is 25.3 Å². The lowest BCUT2D eigenvalue weighted by molar-refractivity contribution is 0.340. The van der Waals surface area contributed by atoms with Gasteiger partial charge in [0.1, 0.15) is 5.75 Å². The van der Waals surface area contributed by atoms with Gasteiger partial charge in [0.2, 0.25) is 0 Å². The monoisotopic (exact) mass is 434 g/mol. The summed E-state index contributed by atoms with van der Waals surface area (Å²) in [6.45, 7) is 3.44. The fourth-order valence-electron chi connectivity index (χ4n) is 3.05. The van der Waals surface area contributed by atoms with Gasteiger partial charge in [-0.25, -0.2) is 0 Å². The molecule has 2 aromatic carbocycles. The van der Waals surface area contributed by atoms with Gasteiger partial charge in [-0.2, -0.15) is 0 Å². The number of nitrogens with two attached hydrogens (primary N) is 1. The summed E-state index contributed by atoms with van der Waals surface area (Å²) in [6, 6.07) is 15.0. The van der Waals surface area contributed by atoms with E-state index in [0.717, 1.165) is 37.1 Å². The van der Waals surface area contributed by atoms with Crippen molar-refractivity contribution in [3.63, 3.8) is 0 Å².